The maximum absolute atomic E-state index is 11.7. The first-order valence-electron chi connectivity index (χ1n) is 5.58. The molecular weight excluding hydrogens is 252 g/mol. The Morgan fingerprint density at radius 3 is 2.21 bits per heavy atom. The van der Waals surface area contributed by atoms with Gasteiger partial charge in [0.15, 0.2) is 0 Å². The number of ether oxygens (including phenoxy) is 3. The van der Waals surface area contributed by atoms with E-state index in [9.17, 15) is 14.4 Å². The fourth-order valence-corrected chi connectivity index (χ4v) is 1.28. The van der Waals surface area contributed by atoms with Crippen molar-refractivity contribution in [3.8, 4) is 5.75 Å². The first-order valence-corrected chi connectivity index (χ1v) is 5.58. The molecule has 1 rings (SSSR count). The van der Waals surface area contributed by atoms with Crippen molar-refractivity contribution in [2.45, 2.75) is 13.8 Å². The van der Waals surface area contributed by atoms with Gasteiger partial charge in [-0.3, -0.25) is 9.59 Å². The van der Waals surface area contributed by atoms with E-state index in [-0.39, 0.29) is 24.5 Å². The predicted molar refractivity (Wildman–Crippen MR) is 64.7 cm³/mol. The molecule has 0 atom stereocenters. The fourth-order valence-electron chi connectivity index (χ4n) is 1.28. The average Bonchev–Trinajstić information content (AvgIpc) is 2.34. The predicted octanol–water partition coefficient (Wildman–Crippen LogP) is 1.33. The molecule has 0 bridgehead atoms. The largest absolute Gasteiger partial charge is 0.462 e. The van der Waals surface area contributed by atoms with Crippen molar-refractivity contribution >= 4 is 17.9 Å². The van der Waals surface area contributed by atoms with Gasteiger partial charge >= 0.3 is 17.9 Å². The Morgan fingerprint density at radius 1 is 0.947 bits per heavy atom. The van der Waals surface area contributed by atoms with Gasteiger partial charge in [0.2, 0.25) is 0 Å². The van der Waals surface area contributed by atoms with Crippen molar-refractivity contribution in [3.63, 3.8) is 0 Å². The monoisotopic (exact) mass is 266 g/mol. The molecule has 0 aliphatic rings. The number of hydrogen-bond acceptors (Lipinski definition) is 6. The van der Waals surface area contributed by atoms with Crippen molar-refractivity contribution in [2.24, 2.45) is 0 Å². The second kappa shape index (κ2) is 7.15. The van der Waals surface area contributed by atoms with Crippen LogP contribution in [0.15, 0.2) is 24.3 Å². The summed E-state index contributed by atoms with van der Waals surface area (Å²) in [6.45, 7) is 2.42. The van der Waals surface area contributed by atoms with E-state index in [4.69, 9.17) is 9.47 Å². The van der Waals surface area contributed by atoms with Crippen LogP contribution in [0.5, 0.6) is 5.75 Å². The number of carbonyl (C=O) groups excluding carboxylic acids is 3. The van der Waals surface area contributed by atoms with Crippen LogP contribution < -0.4 is 4.74 Å². The van der Waals surface area contributed by atoms with Crippen LogP contribution in [0, 0.1) is 0 Å². The first kappa shape index (κ1) is 14.7. The zero-order valence-electron chi connectivity index (χ0n) is 10.7. The van der Waals surface area contributed by atoms with Gasteiger partial charge in [0.25, 0.3) is 0 Å². The SMILES string of the molecule is CC(=O)OCCOC(=O)c1ccccc1OC(C)=O. The first-order chi connectivity index (χ1) is 9.00. The van der Waals surface area contributed by atoms with E-state index in [1.165, 1.54) is 26.0 Å². The summed E-state index contributed by atoms with van der Waals surface area (Å²) in [5.41, 5.74) is 0.139. The van der Waals surface area contributed by atoms with E-state index in [0.717, 1.165) is 0 Å². The molecule has 6 heteroatoms. The summed E-state index contributed by atoms with van der Waals surface area (Å²) in [4.78, 5) is 33.1. The van der Waals surface area contributed by atoms with Crippen LogP contribution in [0.2, 0.25) is 0 Å². The highest BCUT2D eigenvalue weighted by molar-refractivity contribution is 5.93. The highest BCUT2D eigenvalue weighted by Gasteiger charge is 2.14. The van der Waals surface area contributed by atoms with E-state index in [1.54, 1.807) is 12.1 Å². The number of hydrogen-bond donors (Lipinski definition) is 0. The molecule has 1 aromatic carbocycles. The Kier molecular flexibility index (Phi) is 5.53. The van der Waals surface area contributed by atoms with E-state index in [2.05, 4.69) is 4.74 Å². The summed E-state index contributed by atoms with van der Waals surface area (Å²) >= 11 is 0. The fraction of sp³-hybridized carbons (Fsp3) is 0.308. The lowest BCUT2D eigenvalue weighted by atomic mass is 10.2. The minimum atomic E-state index is -0.649. The summed E-state index contributed by atoms with van der Waals surface area (Å²) in [7, 11) is 0. The second-order valence-electron chi connectivity index (χ2n) is 3.57. The van der Waals surface area contributed by atoms with E-state index >= 15 is 0 Å². The molecule has 102 valence electrons. The van der Waals surface area contributed by atoms with Crippen LogP contribution in [-0.4, -0.2) is 31.1 Å². The van der Waals surface area contributed by atoms with E-state index < -0.39 is 17.9 Å². The second-order valence-corrected chi connectivity index (χ2v) is 3.57. The van der Waals surface area contributed by atoms with Crippen LogP contribution in [0.25, 0.3) is 0 Å². The Bertz CT molecular complexity index is 480. The van der Waals surface area contributed by atoms with Crippen LogP contribution in [0.4, 0.5) is 0 Å². The molecule has 0 radical (unpaired) electrons. The molecule has 1 aromatic rings. The third kappa shape index (κ3) is 5.20. The van der Waals surface area contributed by atoms with Crippen molar-refractivity contribution in [2.75, 3.05) is 13.2 Å². The highest BCUT2D eigenvalue weighted by Crippen LogP contribution is 2.19. The van der Waals surface area contributed by atoms with Gasteiger partial charge in [-0.2, -0.15) is 0 Å². The van der Waals surface area contributed by atoms with Gasteiger partial charge in [0, 0.05) is 13.8 Å². The molecular formula is C13H14O6. The molecule has 19 heavy (non-hydrogen) atoms. The quantitative estimate of drug-likeness (QED) is 0.454. The van der Waals surface area contributed by atoms with Gasteiger partial charge in [-0.05, 0) is 12.1 Å². The lowest BCUT2D eigenvalue weighted by Gasteiger charge is -2.08. The van der Waals surface area contributed by atoms with E-state index in [0.29, 0.717) is 0 Å². The smallest absolute Gasteiger partial charge is 0.342 e. The molecule has 6 nitrogen and oxygen atoms in total. The molecule has 0 aliphatic heterocycles. The molecule has 0 saturated heterocycles. The molecule has 0 unspecified atom stereocenters. The van der Waals surface area contributed by atoms with Crippen molar-refractivity contribution in [3.05, 3.63) is 29.8 Å². The Hall–Kier alpha value is -2.37. The van der Waals surface area contributed by atoms with Crippen LogP contribution in [0.3, 0.4) is 0 Å². The van der Waals surface area contributed by atoms with Crippen molar-refractivity contribution in [1.82, 2.24) is 0 Å². The third-order valence-corrected chi connectivity index (χ3v) is 1.98. The maximum atomic E-state index is 11.7. The molecule has 0 spiro atoms. The Morgan fingerprint density at radius 2 is 1.58 bits per heavy atom. The zero-order valence-corrected chi connectivity index (χ0v) is 10.7. The lowest BCUT2D eigenvalue weighted by Crippen LogP contribution is -2.14. The number of carbonyl (C=O) groups is 3. The van der Waals surface area contributed by atoms with Gasteiger partial charge in [0.05, 0.1) is 0 Å². The number of para-hydroxylation sites is 1. The van der Waals surface area contributed by atoms with Gasteiger partial charge < -0.3 is 14.2 Å². The number of esters is 3. The lowest BCUT2D eigenvalue weighted by molar-refractivity contribution is -0.142. The number of benzene rings is 1. The Balaban J connectivity index is 2.61. The summed E-state index contributed by atoms with van der Waals surface area (Å²) in [6, 6.07) is 6.22. The summed E-state index contributed by atoms with van der Waals surface area (Å²) < 4.78 is 14.4. The minimum Gasteiger partial charge on any atom is -0.462 e. The molecule has 0 saturated carbocycles. The topological polar surface area (TPSA) is 78.9 Å². The van der Waals surface area contributed by atoms with Gasteiger partial charge in [-0.1, -0.05) is 12.1 Å². The third-order valence-electron chi connectivity index (χ3n) is 1.98. The van der Waals surface area contributed by atoms with Crippen LogP contribution in [0.1, 0.15) is 24.2 Å². The molecule has 0 heterocycles. The molecule has 0 aliphatic carbocycles. The Labute approximate surface area is 110 Å². The highest BCUT2D eigenvalue weighted by atomic mass is 16.6. The van der Waals surface area contributed by atoms with Gasteiger partial charge in [-0.25, -0.2) is 4.79 Å². The standard InChI is InChI=1S/C13H14O6/c1-9(14)17-7-8-18-13(16)11-5-3-4-6-12(11)19-10(2)15/h3-6H,7-8H2,1-2H3. The molecule has 0 N–H and O–H groups in total. The van der Waals surface area contributed by atoms with Crippen molar-refractivity contribution in [1.29, 1.82) is 0 Å². The summed E-state index contributed by atoms with van der Waals surface area (Å²) in [5.74, 6) is -1.49. The van der Waals surface area contributed by atoms with Crippen molar-refractivity contribution < 1.29 is 28.6 Å². The zero-order chi connectivity index (χ0) is 14.3. The molecule has 0 amide bonds. The minimum absolute atomic E-state index is 0.0171. The summed E-state index contributed by atoms with van der Waals surface area (Å²) in [5, 5.41) is 0. The number of rotatable bonds is 5. The normalized spacial score (nSPS) is 9.58. The van der Waals surface area contributed by atoms with Crippen LogP contribution >= 0.6 is 0 Å². The molecule has 0 fully saturated rings. The summed E-state index contributed by atoms with van der Waals surface area (Å²) in [6.07, 6.45) is 0. The van der Waals surface area contributed by atoms with E-state index in [1.807, 2.05) is 0 Å². The average molecular weight is 266 g/mol. The molecule has 0 aromatic heterocycles. The van der Waals surface area contributed by atoms with Gasteiger partial charge in [-0.15, -0.1) is 0 Å². The van der Waals surface area contributed by atoms with Crippen LogP contribution in [-0.2, 0) is 19.1 Å². The van der Waals surface area contributed by atoms with Gasteiger partial charge in [0.1, 0.15) is 24.5 Å². The maximum Gasteiger partial charge on any atom is 0.342 e.